The van der Waals surface area contributed by atoms with Crippen LogP contribution in [0.5, 0.6) is 0 Å². The second-order valence-corrected chi connectivity index (χ2v) is 6.33. The second kappa shape index (κ2) is 8.79. The summed E-state index contributed by atoms with van der Waals surface area (Å²) in [7, 11) is 1.39. The summed E-state index contributed by atoms with van der Waals surface area (Å²) in [6, 6.07) is 5.10. The third-order valence-corrected chi connectivity index (χ3v) is 4.27. The number of carbonyl (C=O) groups is 3. The Balaban J connectivity index is 2.45. The van der Waals surface area contributed by atoms with E-state index < -0.39 is 24.0 Å². The minimum Gasteiger partial charge on any atom is -0.452 e. The maximum atomic E-state index is 11.7. The lowest BCUT2D eigenvalue weighted by molar-refractivity contribution is -0.151. The lowest BCUT2D eigenvalue weighted by atomic mass is 10.2. The molecule has 0 aliphatic rings. The van der Waals surface area contributed by atoms with Crippen LogP contribution in [0.4, 0.5) is 4.79 Å². The van der Waals surface area contributed by atoms with E-state index in [0.29, 0.717) is 0 Å². The Morgan fingerprint density at radius 3 is 2.64 bits per heavy atom. The van der Waals surface area contributed by atoms with Crippen LogP contribution in [-0.2, 0) is 14.3 Å². The van der Waals surface area contributed by atoms with Crippen molar-refractivity contribution in [2.75, 3.05) is 12.8 Å². The van der Waals surface area contributed by atoms with E-state index in [2.05, 4.69) is 21.2 Å². The number of carbonyl (C=O) groups excluding carboxylic acids is 3. The second-order valence-electron chi connectivity index (χ2n) is 4.40. The summed E-state index contributed by atoms with van der Waals surface area (Å²) in [6.07, 6.45) is -1.03. The minimum absolute atomic E-state index is 0.0834. The molecule has 0 aliphatic heterocycles. The zero-order valence-corrected chi connectivity index (χ0v) is 14.8. The Hall–Kier alpha value is -1.54. The van der Waals surface area contributed by atoms with Gasteiger partial charge in [0, 0.05) is 16.4 Å². The minimum atomic E-state index is -1.03. The van der Waals surface area contributed by atoms with Gasteiger partial charge in [-0.1, -0.05) is 15.9 Å². The number of urea groups is 1. The number of hydrogen-bond acceptors (Lipinski definition) is 5. The highest BCUT2D eigenvalue weighted by Crippen LogP contribution is 2.25. The number of thioether (sulfide) groups is 1. The highest BCUT2D eigenvalue weighted by molar-refractivity contribution is 9.10. The molecule has 0 heterocycles. The largest absolute Gasteiger partial charge is 0.452 e. The van der Waals surface area contributed by atoms with E-state index in [-0.39, 0.29) is 5.75 Å². The van der Waals surface area contributed by atoms with Crippen molar-refractivity contribution in [2.45, 2.75) is 24.8 Å². The first-order valence-corrected chi connectivity index (χ1v) is 8.22. The molecule has 8 heteroatoms. The van der Waals surface area contributed by atoms with Crippen LogP contribution >= 0.6 is 27.7 Å². The zero-order chi connectivity index (χ0) is 16.7. The van der Waals surface area contributed by atoms with Gasteiger partial charge in [0.1, 0.15) is 0 Å². The van der Waals surface area contributed by atoms with Crippen molar-refractivity contribution in [1.29, 1.82) is 0 Å². The van der Waals surface area contributed by atoms with Gasteiger partial charge in [-0.2, -0.15) is 0 Å². The number of benzene rings is 1. The summed E-state index contributed by atoms with van der Waals surface area (Å²) < 4.78 is 5.95. The molecule has 0 bridgehead atoms. The summed E-state index contributed by atoms with van der Waals surface area (Å²) in [6.45, 7) is 3.35. The molecule has 0 spiro atoms. The average Bonchev–Trinajstić information content (AvgIpc) is 2.45. The van der Waals surface area contributed by atoms with Crippen molar-refractivity contribution in [3.63, 3.8) is 0 Å². The number of halogens is 1. The first kappa shape index (κ1) is 18.5. The van der Waals surface area contributed by atoms with E-state index in [0.717, 1.165) is 14.9 Å². The van der Waals surface area contributed by atoms with Crippen LogP contribution in [0.2, 0.25) is 0 Å². The van der Waals surface area contributed by atoms with Crippen molar-refractivity contribution in [3.05, 3.63) is 28.2 Å². The van der Waals surface area contributed by atoms with Crippen LogP contribution in [0.1, 0.15) is 12.5 Å². The summed E-state index contributed by atoms with van der Waals surface area (Å²) in [5.74, 6) is -1.11. The number of esters is 1. The van der Waals surface area contributed by atoms with Gasteiger partial charge in [0.15, 0.2) is 6.10 Å². The monoisotopic (exact) mass is 388 g/mol. The molecule has 0 saturated heterocycles. The summed E-state index contributed by atoms with van der Waals surface area (Å²) >= 11 is 4.70. The lowest BCUT2D eigenvalue weighted by Gasteiger charge is -2.13. The third kappa shape index (κ3) is 6.07. The molecule has 0 aromatic heterocycles. The molecule has 120 valence electrons. The van der Waals surface area contributed by atoms with E-state index >= 15 is 0 Å². The van der Waals surface area contributed by atoms with E-state index in [9.17, 15) is 14.4 Å². The van der Waals surface area contributed by atoms with Gasteiger partial charge < -0.3 is 10.1 Å². The van der Waals surface area contributed by atoms with Gasteiger partial charge in [0.2, 0.25) is 0 Å². The van der Waals surface area contributed by atoms with E-state index in [4.69, 9.17) is 4.74 Å². The summed E-state index contributed by atoms with van der Waals surface area (Å²) in [4.78, 5) is 35.2. The van der Waals surface area contributed by atoms with Crippen LogP contribution in [-0.4, -0.2) is 36.8 Å². The molecule has 22 heavy (non-hydrogen) atoms. The Bertz CT molecular complexity index is 580. The van der Waals surface area contributed by atoms with Crippen molar-refractivity contribution in [1.82, 2.24) is 10.6 Å². The molecule has 0 fully saturated rings. The molecular weight excluding hydrogens is 372 g/mol. The van der Waals surface area contributed by atoms with E-state index in [1.807, 2.05) is 30.4 Å². The van der Waals surface area contributed by atoms with Crippen LogP contribution in [0.15, 0.2) is 27.6 Å². The fourth-order valence-electron chi connectivity index (χ4n) is 1.47. The average molecular weight is 389 g/mol. The van der Waals surface area contributed by atoms with E-state index in [1.165, 1.54) is 25.7 Å². The van der Waals surface area contributed by atoms with Crippen LogP contribution < -0.4 is 10.6 Å². The molecule has 2 N–H and O–H groups in total. The van der Waals surface area contributed by atoms with Crippen molar-refractivity contribution >= 4 is 45.6 Å². The van der Waals surface area contributed by atoms with Crippen molar-refractivity contribution < 1.29 is 19.1 Å². The Labute approximate surface area is 141 Å². The first-order valence-electron chi connectivity index (χ1n) is 6.44. The van der Waals surface area contributed by atoms with Crippen LogP contribution in [0.25, 0.3) is 0 Å². The molecule has 0 aliphatic carbocycles. The van der Waals surface area contributed by atoms with Crippen molar-refractivity contribution in [3.8, 4) is 0 Å². The zero-order valence-electron chi connectivity index (χ0n) is 12.4. The van der Waals surface area contributed by atoms with Crippen molar-refractivity contribution in [2.24, 2.45) is 0 Å². The van der Waals surface area contributed by atoms with Gasteiger partial charge in [-0.05, 0) is 37.6 Å². The number of ether oxygens (including phenoxy) is 1. The highest BCUT2D eigenvalue weighted by Gasteiger charge is 2.19. The fourth-order valence-corrected chi connectivity index (χ4v) is 2.74. The Morgan fingerprint density at radius 2 is 2.05 bits per heavy atom. The molecular formula is C14H17BrN2O4S. The van der Waals surface area contributed by atoms with Gasteiger partial charge in [-0.25, -0.2) is 4.79 Å². The summed E-state index contributed by atoms with van der Waals surface area (Å²) in [5.41, 5.74) is 1.04. The first-order chi connectivity index (χ1) is 10.3. The number of rotatable bonds is 5. The molecule has 1 rings (SSSR count). The van der Waals surface area contributed by atoms with Gasteiger partial charge >= 0.3 is 12.0 Å². The standard InChI is InChI=1S/C14H17BrN2O4S/c1-8-6-10(15)4-5-11(8)22-7-12(18)21-9(2)13(19)17-14(20)16-3/h4-6,9H,7H2,1-3H3,(H2,16,17,19,20)/t9-/m0/s1. The SMILES string of the molecule is CNC(=O)NC(=O)[C@H](C)OC(=O)CSc1ccc(Br)cc1C. The van der Waals surface area contributed by atoms with Crippen LogP contribution in [0.3, 0.4) is 0 Å². The number of nitrogens with one attached hydrogen (secondary N) is 2. The Morgan fingerprint density at radius 1 is 1.36 bits per heavy atom. The van der Waals surface area contributed by atoms with Gasteiger partial charge in [-0.3, -0.25) is 14.9 Å². The summed E-state index contributed by atoms with van der Waals surface area (Å²) in [5, 5.41) is 4.29. The number of aryl methyl sites for hydroxylation is 1. The molecule has 3 amide bonds. The molecule has 0 unspecified atom stereocenters. The van der Waals surface area contributed by atoms with Gasteiger partial charge in [0.25, 0.3) is 5.91 Å². The predicted octanol–water partition coefficient (Wildman–Crippen LogP) is 2.24. The number of hydrogen-bond donors (Lipinski definition) is 2. The molecule has 6 nitrogen and oxygen atoms in total. The maximum Gasteiger partial charge on any atom is 0.321 e. The topological polar surface area (TPSA) is 84.5 Å². The molecule has 1 atom stereocenters. The molecule has 1 aromatic rings. The normalized spacial score (nSPS) is 11.5. The lowest BCUT2D eigenvalue weighted by Crippen LogP contribution is -2.43. The smallest absolute Gasteiger partial charge is 0.321 e. The number of imide groups is 1. The Kier molecular flexibility index (Phi) is 7.40. The molecule has 0 radical (unpaired) electrons. The third-order valence-electron chi connectivity index (χ3n) is 2.62. The highest BCUT2D eigenvalue weighted by atomic mass is 79.9. The quantitative estimate of drug-likeness (QED) is 0.596. The fraction of sp³-hybridized carbons (Fsp3) is 0.357. The van der Waals surface area contributed by atoms with Gasteiger partial charge in [0.05, 0.1) is 5.75 Å². The van der Waals surface area contributed by atoms with E-state index in [1.54, 1.807) is 0 Å². The molecule has 0 saturated carbocycles. The number of amides is 3. The molecule has 1 aromatic carbocycles. The predicted molar refractivity (Wildman–Crippen MR) is 87.8 cm³/mol. The maximum absolute atomic E-state index is 11.7. The van der Waals surface area contributed by atoms with Crippen LogP contribution in [0, 0.1) is 6.92 Å². The van der Waals surface area contributed by atoms with Gasteiger partial charge in [-0.15, -0.1) is 11.8 Å².